The molecule has 0 fully saturated rings. The lowest BCUT2D eigenvalue weighted by atomic mass is 10.1. The van der Waals surface area contributed by atoms with Gasteiger partial charge in [0.25, 0.3) is 20.0 Å². The lowest BCUT2D eigenvalue weighted by Crippen LogP contribution is -2.52. The zero-order valence-corrected chi connectivity index (χ0v) is 24.9. The van der Waals surface area contributed by atoms with Crippen LogP contribution in [0.1, 0.15) is 34.0 Å². The van der Waals surface area contributed by atoms with Crippen molar-refractivity contribution in [3.63, 3.8) is 0 Å². The molecular formula is C30H27ClN4O4S2. The Bertz CT molecular complexity index is 1910. The van der Waals surface area contributed by atoms with E-state index in [0.717, 1.165) is 11.1 Å². The molecule has 0 aromatic heterocycles. The van der Waals surface area contributed by atoms with Gasteiger partial charge in [0.2, 0.25) is 0 Å². The van der Waals surface area contributed by atoms with Crippen LogP contribution in [0.5, 0.6) is 0 Å². The van der Waals surface area contributed by atoms with Crippen LogP contribution < -0.4 is 4.31 Å². The minimum atomic E-state index is -4.24. The SMILES string of the molecule is Cc1ccc(S(=O)(=O)N2c3c(C)cc(Cl)cc3CN(S(=O)(=O)c3ccc(C)cc3)N3C=Nc4ccccc4[C@H]32)cc1. The van der Waals surface area contributed by atoms with E-state index in [1.54, 1.807) is 91.9 Å². The number of anilines is 1. The topological polar surface area (TPSA) is 90.4 Å². The van der Waals surface area contributed by atoms with Gasteiger partial charge < -0.3 is 0 Å². The van der Waals surface area contributed by atoms with Crippen molar-refractivity contribution >= 4 is 49.4 Å². The maximum atomic E-state index is 14.6. The number of sulfonamides is 2. The van der Waals surface area contributed by atoms with E-state index < -0.39 is 26.2 Å². The number of fused-ring (bicyclic) bond motifs is 4. The molecule has 6 rings (SSSR count). The van der Waals surface area contributed by atoms with E-state index in [-0.39, 0.29) is 16.3 Å². The van der Waals surface area contributed by atoms with Crippen LogP contribution in [0.4, 0.5) is 11.4 Å². The molecule has 0 saturated carbocycles. The van der Waals surface area contributed by atoms with Crippen molar-refractivity contribution < 1.29 is 16.8 Å². The van der Waals surface area contributed by atoms with Gasteiger partial charge in [-0.1, -0.05) is 65.2 Å². The Morgan fingerprint density at radius 3 is 2.00 bits per heavy atom. The lowest BCUT2D eigenvalue weighted by Gasteiger charge is -2.43. The molecule has 0 bridgehead atoms. The molecule has 0 unspecified atom stereocenters. The van der Waals surface area contributed by atoms with Gasteiger partial charge in [-0.15, -0.1) is 4.41 Å². The molecule has 0 spiro atoms. The number of para-hydroxylation sites is 1. The molecule has 41 heavy (non-hydrogen) atoms. The number of benzene rings is 4. The van der Waals surface area contributed by atoms with Crippen LogP contribution in [-0.4, -0.2) is 32.6 Å². The zero-order chi connectivity index (χ0) is 29.1. The molecule has 0 aliphatic carbocycles. The van der Waals surface area contributed by atoms with Gasteiger partial charge in [0, 0.05) is 10.6 Å². The van der Waals surface area contributed by atoms with Gasteiger partial charge in [0.1, 0.15) is 6.34 Å². The van der Waals surface area contributed by atoms with Gasteiger partial charge in [-0.3, -0.25) is 5.01 Å². The Morgan fingerprint density at radius 1 is 0.780 bits per heavy atom. The van der Waals surface area contributed by atoms with E-state index in [0.29, 0.717) is 33.1 Å². The third-order valence-electron chi connectivity index (χ3n) is 7.30. The molecule has 8 nitrogen and oxygen atoms in total. The quantitative estimate of drug-likeness (QED) is 0.274. The first-order valence-corrected chi connectivity index (χ1v) is 16.2. The van der Waals surface area contributed by atoms with Crippen LogP contribution in [0.15, 0.2) is 99.7 Å². The number of aryl methyl sites for hydroxylation is 3. The van der Waals surface area contributed by atoms with Crippen molar-refractivity contribution in [3.8, 4) is 0 Å². The second-order valence-electron chi connectivity index (χ2n) is 10.2. The summed E-state index contributed by atoms with van der Waals surface area (Å²) in [6.45, 7) is 5.37. The maximum Gasteiger partial charge on any atom is 0.266 e. The van der Waals surface area contributed by atoms with Crippen LogP contribution in [-0.2, 0) is 26.6 Å². The molecule has 0 amide bonds. The van der Waals surface area contributed by atoms with Gasteiger partial charge in [-0.25, -0.2) is 26.1 Å². The Kier molecular flexibility index (Phi) is 6.69. The van der Waals surface area contributed by atoms with E-state index in [1.165, 1.54) is 20.1 Å². The fourth-order valence-electron chi connectivity index (χ4n) is 5.27. The smallest absolute Gasteiger partial charge is 0.253 e. The number of aliphatic imine (C=N–C) groups is 1. The second-order valence-corrected chi connectivity index (χ2v) is 14.3. The number of nitrogens with zero attached hydrogens (tertiary/aromatic N) is 4. The average molecular weight is 607 g/mol. The summed E-state index contributed by atoms with van der Waals surface area (Å²) < 4.78 is 60.3. The number of rotatable bonds is 4. The summed E-state index contributed by atoms with van der Waals surface area (Å²) in [4.78, 5) is 4.70. The molecule has 0 radical (unpaired) electrons. The third-order valence-corrected chi connectivity index (χ3v) is 11.0. The van der Waals surface area contributed by atoms with Crippen LogP contribution in [0, 0.1) is 20.8 Å². The predicted octanol–water partition coefficient (Wildman–Crippen LogP) is 6.25. The normalized spacial score (nSPS) is 17.0. The first-order valence-electron chi connectivity index (χ1n) is 12.9. The van der Waals surface area contributed by atoms with Crippen molar-refractivity contribution in [1.29, 1.82) is 0 Å². The summed E-state index contributed by atoms with van der Waals surface area (Å²) in [5.41, 5.74) is 4.32. The molecule has 4 aromatic carbocycles. The molecule has 2 aliphatic rings. The van der Waals surface area contributed by atoms with Crippen LogP contribution in [0.2, 0.25) is 5.02 Å². The third kappa shape index (κ3) is 4.61. The van der Waals surface area contributed by atoms with E-state index in [4.69, 9.17) is 11.6 Å². The Labute approximate surface area is 245 Å². The summed E-state index contributed by atoms with van der Waals surface area (Å²) in [5.74, 6) is 0. The zero-order valence-electron chi connectivity index (χ0n) is 22.6. The second kappa shape index (κ2) is 9.99. The highest BCUT2D eigenvalue weighted by Gasteiger charge is 2.47. The highest BCUT2D eigenvalue weighted by Crippen LogP contribution is 2.48. The van der Waals surface area contributed by atoms with Gasteiger partial charge >= 0.3 is 0 Å². The van der Waals surface area contributed by atoms with Crippen LogP contribution in [0.3, 0.4) is 0 Å². The van der Waals surface area contributed by atoms with Crippen LogP contribution >= 0.6 is 11.6 Å². The molecule has 1 atom stereocenters. The largest absolute Gasteiger partial charge is 0.266 e. The van der Waals surface area contributed by atoms with E-state index in [9.17, 15) is 16.8 Å². The monoisotopic (exact) mass is 606 g/mol. The minimum Gasteiger partial charge on any atom is -0.253 e. The molecular weight excluding hydrogens is 580 g/mol. The van der Waals surface area contributed by atoms with Crippen molar-refractivity contribution in [1.82, 2.24) is 9.42 Å². The molecule has 2 aliphatic heterocycles. The minimum absolute atomic E-state index is 0.0734. The van der Waals surface area contributed by atoms with E-state index in [1.807, 2.05) is 13.8 Å². The standard InChI is InChI=1S/C30H27ClN4O4S2/c1-20-8-12-25(13-9-20)40(36,37)34-18-23-17-24(31)16-22(3)29(23)35(41(38,39)26-14-10-21(2)11-15-26)30-27-6-4-5-7-28(27)32-19-33(30)34/h4-17,19,30H,18H2,1-3H3/t30-/m1/s1. The van der Waals surface area contributed by atoms with Crippen molar-refractivity contribution in [2.75, 3.05) is 4.31 Å². The molecule has 210 valence electrons. The predicted molar refractivity (Wildman–Crippen MR) is 160 cm³/mol. The highest BCUT2D eigenvalue weighted by molar-refractivity contribution is 7.93. The van der Waals surface area contributed by atoms with Crippen LogP contribution in [0.25, 0.3) is 0 Å². The number of hydrogen-bond acceptors (Lipinski definition) is 6. The van der Waals surface area contributed by atoms with Gasteiger partial charge in [-0.2, -0.15) is 0 Å². The first-order chi connectivity index (χ1) is 19.5. The highest BCUT2D eigenvalue weighted by atomic mass is 35.5. The molecule has 2 heterocycles. The molecule has 4 aromatic rings. The fourth-order valence-corrected chi connectivity index (χ4v) is 8.66. The Hall–Kier alpha value is -3.70. The maximum absolute atomic E-state index is 14.6. The molecule has 0 N–H and O–H groups in total. The number of hydrazine groups is 1. The Morgan fingerprint density at radius 2 is 1.37 bits per heavy atom. The summed E-state index contributed by atoms with van der Waals surface area (Å²) in [6.07, 6.45) is 0.288. The van der Waals surface area contributed by atoms with Gasteiger partial charge in [0.05, 0.1) is 27.7 Å². The molecule has 0 saturated heterocycles. The van der Waals surface area contributed by atoms with Crippen molar-refractivity contribution in [2.24, 2.45) is 4.99 Å². The Balaban J connectivity index is 1.67. The van der Waals surface area contributed by atoms with E-state index >= 15 is 0 Å². The summed E-state index contributed by atoms with van der Waals surface area (Å²) in [5, 5.41) is 1.77. The van der Waals surface area contributed by atoms with E-state index in [2.05, 4.69) is 4.99 Å². The number of hydrogen-bond donors (Lipinski definition) is 0. The summed E-state index contributed by atoms with van der Waals surface area (Å²) in [7, 11) is -8.42. The van der Waals surface area contributed by atoms with Crippen molar-refractivity contribution in [2.45, 2.75) is 43.3 Å². The summed E-state index contributed by atoms with van der Waals surface area (Å²) >= 11 is 6.49. The average Bonchev–Trinajstić information content (AvgIpc) is 3.09. The first kappa shape index (κ1) is 27.5. The lowest BCUT2D eigenvalue weighted by molar-refractivity contribution is 0.104. The van der Waals surface area contributed by atoms with Crippen molar-refractivity contribution in [3.05, 3.63) is 118 Å². The fraction of sp³-hybridized carbons (Fsp3) is 0.167. The number of halogens is 1. The van der Waals surface area contributed by atoms with Gasteiger partial charge in [-0.05, 0) is 74.4 Å². The molecule has 11 heteroatoms. The summed E-state index contributed by atoms with van der Waals surface area (Å²) in [6, 6.07) is 23.6. The van der Waals surface area contributed by atoms with Gasteiger partial charge in [0.15, 0.2) is 6.17 Å².